The van der Waals surface area contributed by atoms with Crippen molar-refractivity contribution < 1.29 is 14.3 Å². The van der Waals surface area contributed by atoms with Crippen molar-refractivity contribution in [1.29, 1.82) is 0 Å². The molecule has 0 aromatic rings. The fourth-order valence-electron chi connectivity index (χ4n) is 2.07. The summed E-state index contributed by atoms with van der Waals surface area (Å²) < 4.78 is 5.33. The van der Waals surface area contributed by atoms with Gasteiger partial charge in [-0.1, -0.05) is 0 Å². The molecule has 6 nitrogen and oxygen atoms in total. The summed E-state index contributed by atoms with van der Waals surface area (Å²) in [7, 11) is 0. The fourth-order valence-corrected chi connectivity index (χ4v) is 2.07. The summed E-state index contributed by atoms with van der Waals surface area (Å²) in [5.74, 6) is -0.184. The number of carbonyl (C=O) groups is 2. The Bertz CT molecular complexity index is 350. The van der Waals surface area contributed by atoms with Gasteiger partial charge in [0.05, 0.1) is 13.2 Å². The van der Waals surface area contributed by atoms with Crippen LogP contribution in [0.3, 0.4) is 0 Å². The summed E-state index contributed by atoms with van der Waals surface area (Å²) in [5.41, 5.74) is 5.52. The van der Waals surface area contributed by atoms with Crippen LogP contribution in [0, 0.1) is 0 Å². The van der Waals surface area contributed by atoms with Gasteiger partial charge in [-0.15, -0.1) is 0 Å². The number of hydrogen-bond acceptors (Lipinski definition) is 4. The molecule has 0 spiro atoms. The van der Waals surface area contributed by atoms with Gasteiger partial charge in [0.1, 0.15) is 6.04 Å². The van der Waals surface area contributed by atoms with E-state index in [-0.39, 0.29) is 30.0 Å². The van der Waals surface area contributed by atoms with E-state index in [1.165, 1.54) is 0 Å². The molecule has 2 amide bonds. The van der Waals surface area contributed by atoms with E-state index >= 15 is 0 Å². The van der Waals surface area contributed by atoms with Gasteiger partial charge in [-0.3, -0.25) is 9.59 Å². The van der Waals surface area contributed by atoms with Crippen LogP contribution in [0.15, 0.2) is 0 Å². The molecule has 0 aliphatic carbocycles. The molecule has 20 heavy (non-hydrogen) atoms. The van der Waals surface area contributed by atoms with Gasteiger partial charge in [0.15, 0.2) is 0 Å². The van der Waals surface area contributed by atoms with Crippen LogP contribution in [0.2, 0.25) is 0 Å². The minimum atomic E-state index is -0.528. The first-order valence-corrected chi connectivity index (χ1v) is 7.17. The third-order valence-electron chi connectivity index (χ3n) is 3.17. The van der Waals surface area contributed by atoms with E-state index < -0.39 is 6.04 Å². The quantitative estimate of drug-likeness (QED) is 0.758. The van der Waals surface area contributed by atoms with Gasteiger partial charge in [0.2, 0.25) is 11.8 Å². The summed E-state index contributed by atoms with van der Waals surface area (Å²) in [6.07, 6.45) is 0.955. The summed E-state index contributed by atoms with van der Waals surface area (Å²) in [6, 6.07) is -0.483. The maximum atomic E-state index is 12.3. The van der Waals surface area contributed by atoms with Gasteiger partial charge in [0.25, 0.3) is 0 Å². The van der Waals surface area contributed by atoms with E-state index in [4.69, 9.17) is 10.5 Å². The zero-order valence-electron chi connectivity index (χ0n) is 12.9. The zero-order valence-corrected chi connectivity index (χ0v) is 12.9. The topological polar surface area (TPSA) is 84.7 Å². The highest BCUT2D eigenvalue weighted by Gasteiger charge is 2.33. The van der Waals surface area contributed by atoms with Crippen molar-refractivity contribution in [3.8, 4) is 0 Å². The minimum Gasteiger partial charge on any atom is -0.377 e. The molecule has 1 saturated heterocycles. The molecule has 1 heterocycles. The molecule has 1 aliphatic heterocycles. The summed E-state index contributed by atoms with van der Waals surface area (Å²) in [4.78, 5) is 26.0. The van der Waals surface area contributed by atoms with Crippen molar-refractivity contribution in [2.45, 2.75) is 58.2 Å². The van der Waals surface area contributed by atoms with Gasteiger partial charge in [0, 0.05) is 24.5 Å². The lowest BCUT2D eigenvalue weighted by Gasteiger charge is -2.35. The van der Waals surface area contributed by atoms with E-state index in [0.717, 1.165) is 0 Å². The van der Waals surface area contributed by atoms with Gasteiger partial charge in [-0.25, -0.2) is 0 Å². The summed E-state index contributed by atoms with van der Waals surface area (Å²) in [6.45, 7) is 8.76. The summed E-state index contributed by atoms with van der Waals surface area (Å²) in [5, 5.41) is 2.83. The number of hydrogen-bond donors (Lipinski definition) is 2. The third kappa shape index (κ3) is 5.46. The smallest absolute Gasteiger partial charge is 0.245 e. The summed E-state index contributed by atoms with van der Waals surface area (Å²) >= 11 is 0. The molecule has 0 radical (unpaired) electrons. The van der Waals surface area contributed by atoms with Crippen LogP contribution in [-0.2, 0) is 14.3 Å². The number of nitrogens with two attached hydrogens (primary N) is 1. The molecule has 1 atom stereocenters. The molecule has 1 unspecified atom stereocenters. The molecule has 1 rings (SSSR count). The SMILES string of the molecule is CC(C)NC(=O)C1COCCN1C(=O)CCC(C)(C)N. The van der Waals surface area contributed by atoms with Crippen molar-refractivity contribution in [3.63, 3.8) is 0 Å². The van der Waals surface area contributed by atoms with Crippen LogP contribution in [0.5, 0.6) is 0 Å². The largest absolute Gasteiger partial charge is 0.377 e. The second-order valence-corrected chi connectivity index (χ2v) is 6.33. The average molecular weight is 285 g/mol. The van der Waals surface area contributed by atoms with Crippen LogP contribution in [-0.4, -0.2) is 54.1 Å². The Labute approximate surface area is 121 Å². The van der Waals surface area contributed by atoms with E-state index in [2.05, 4.69) is 5.32 Å². The van der Waals surface area contributed by atoms with Crippen LogP contribution in [0.1, 0.15) is 40.5 Å². The maximum Gasteiger partial charge on any atom is 0.245 e. The second-order valence-electron chi connectivity index (χ2n) is 6.33. The number of carbonyl (C=O) groups excluding carboxylic acids is 2. The van der Waals surface area contributed by atoms with Gasteiger partial charge in [-0.05, 0) is 34.1 Å². The number of morpholine rings is 1. The van der Waals surface area contributed by atoms with Gasteiger partial charge < -0.3 is 20.7 Å². The number of rotatable bonds is 5. The standard InChI is InChI=1S/C14H27N3O3/c1-10(2)16-13(19)11-9-20-8-7-17(11)12(18)5-6-14(3,4)15/h10-11H,5-9,15H2,1-4H3,(H,16,19). The van der Waals surface area contributed by atoms with Crippen molar-refractivity contribution in [1.82, 2.24) is 10.2 Å². The Morgan fingerprint density at radius 1 is 1.45 bits per heavy atom. The lowest BCUT2D eigenvalue weighted by atomic mass is 9.99. The molecular weight excluding hydrogens is 258 g/mol. The predicted octanol–water partition coefficient (Wildman–Crippen LogP) is 0.256. The van der Waals surface area contributed by atoms with Crippen LogP contribution in [0.4, 0.5) is 0 Å². The Kier molecular flexibility index (Phi) is 5.95. The van der Waals surface area contributed by atoms with Crippen molar-refractivity contribution >= 4 is 11.8 Å². The fraction of sp³-hybridized carbons (Fsp3) is 0.857. The molecule has 116 valence electrons. The second kappa shape index (κ2) is 7.04. The number of nitrogens with zero attached hydrogens (tertiary/aromatic N) is 1. The first kappa shape index (κ1) is 16.9. The molecule has 0 saturated carbocycles. The lowest BCUT2D eigenvalue weighted by Crippen LogP contribution is -2.57. The maximum absolute atomic E-state index is 12.3. The highest BCUT2D eigenvalue weighted by Crippen LogP contribution is 2.14. The van der Waals surface area contributed by atoms with E-state index in [1.807, 2.05) is 27.7 Å². The molecule has 0 aromatic heterocycles. The minimum absolute atomic E-state index is 0.0317. The molecule has 0 bridgehead atoms. The lowest BCUT2D eigenvalue weighted by molar-refractivity contribution is -0.149. The Morgan fingerprint density at radius 2 is 2.10 bits per heavy atom. The third-order valence-corrected chi connectivity index (χ3v) is 3.17. The average Bonchev–Trinajstić information content (AvgIpc) is 2.34. The van der Waals surface area contributed by atoms with Crippen LogP contribution >= 0.6 is 0 Å². The highest BCUT2D eigenvalue weighted by molar-refractivity contribution is 5.88. The van der Waals surface area contributed by atoms with Crippen LogP contribution < -0.4 is 11.1 Å². The zero-order chi connectivity index (χ0) is 15.3. The Morgan fingerprint density at radius 3 is 2.65 bits per heavy atom. The first-order valence-electron chi connectivity index (χ1n) is 7.17. The van der Waals surface area contributed by atoms with E-state index in [0.29, 0.717) is 26.0 Å². The molecule has 6 heteroatoms. The number of nitrogens with one attached hydrogen (secondary N) is 1. The van der Waals surface area contributed by atoms with E-state index in [9.17, 15) is 9.59 Å². The van der Waals surface area contributed by atoms with Crippen LogP contribution in [0.25, 0.3) is 0 Å². The number of ether oxygens (including phenoxy) is 1. The molecule has 3 N–H and O–H groups in total. The Hall–Kier alpha value is -1.14. The van der Waals surface area contributed by atoms with E-state index in [1.54, 1.807) is 4.90 Å². The molecule has 1 fully saturated rings. The normalized spacial score (nSPS) is 20.1. The van der Waals surface area contributed by atoms with Crippen molar-refractivity contribution in [3.05, 3.63) is 0 Å². The first-order chi connectivity index (χ1) is 9.20. The highest BCUT2D eigenvalue weighted by atomic mass is 16.5. The molecule has 0 aromatic carbocycles. The molecule has 1 aliphatic rings. The van der Waals surface area contributed by atoms with Crippen molar-refractivity contribution in [2.75, 3.05) is 19.8 Å². The van der Waals surface area contributed by atoms with Crippen molar-refractivity contribution in [2.24, 2.45) is 5.73 Å². The van der Waals surface area contributed by atoms with Gasteiger partial charge >= 0.3 is 0 Å². The predicted molar refractivity (Wildman–Crippen MR) is 77.1 cm³/mol. The monoisotopic (exact) mass is 285 g/mol. The van der Waals surface area contributed by atoms with Gasteiger partial charge in [-0.2, -0.15) is 0 Å². The Balaban J connectivity index is 2.63. The molecular formula is C14H27N3O3. The number of amides is 2.